The fourth-order valence-corrected chi connectivity index (χ4v) is 8.29. The summed E-state index contributed by atoms with van der Waals surface area (Å²) in [5.74, 6) is 1.43. The van der Waals surface area contributed by atoms with Crippen LogP contribution >= 0.6 is 22.9 Å². The molecule has 1 amide bonds. The summed E-state index contributed by atoms with van der Waals surface area (Å²) in [5.41, 5.74) is -0.0549. The minimum Gasteiger partial charge on any atom is -0.296 e. The summed E-state index contributed by atoms with van der Waals surface area (Å²) in [6.07, 6.45) is 6.43. The van der Waals surface area contributed by atoms with Crippen LogP contribution in [0.5, 0.6) is 0 Å². The number of hydrogen-bond acceptors (Lipinski definition) is 6. The third-order valence-corrected chi connectivity index (χ3v) is 9.48. The molecule has 4 fully saturated rings. The molecule has 4 aliphatic carbocycles. The van der Waals surface area contributed by atoms with Crippen LogP contribution in [-0.4, -0.2) is 30.1 Å². The smallest absolute Gasteiger partial charge is 0.270 e. The zero-order chi connectivity index (χ0) is 20.2. The minimum atomic E-state index is -3.79. The number of anilines is 1. The summed E-state index contributed by atoms with van der Waals surface area (Å²) >= 11 is 6.89. The van der Waals surface area contributed by atoms with Crippen LogP contribution in [-0.2, 0) is 10.0 Å². The molecule has 2 N–H and O–H groups in total. The van der Waals surface area contributed by atoms with E-state index in [2.05, 4.69) is 20.2 Å². The molecule has 10 heteroatoms. The first-order valence-corrected chi connectivity index (χ1v) is 12.4. The molecule has 4 saturated carbocycles. The van der Waals surface area contributed by atoms with Crippen LogP contribution < -0.4 is 10.0 Å². The van der Waals surface area contributed by atoms with Gasteiger partial charge >= 0.3 is 0 Å². The zero-order valence-corrected chi connectivity index (χ0v) is 18.0. The van der Waals surface area contributed by atoms with Gasteiger partial charge in [0.2, 0.25) is 9.47 Å². The Kier molecular flexibility index (Phi) is 4.69. The lowest BCUT2D eigenvalue weighted by molar-refractivity contribution is -0.00811. The van der Waals surface area contributed by atoms with Crippen molar-refractivity contribution in [3.05, 3.63) is 34.9 Å². The van der Waals surface area contributed by atoms with E-state index >= 15 is 0 Å². The van der Waals surface area contributed by atoms with Gasteiger partial charge in [-0.05, 0) is 68.4 Å². The molecule has 154 valence electrons. The van der Waals surface area contributed by atoms with Crippen LogP contribution in [0, 0.1) is 17.8 Å². The third-order valence-electron chi connectivity index (χ3n) is 6.36. The third kappa shape index (κ3) is 3.69. The number of carbonyl (C=O) groups is 1. The van der Waals surface area contributed by atoms with Crippen molar-refractivity contribution in [2.75, 3.05) is 5.32 Å². The van der Waals surface area contributed by atoms with Crippen molar-refractivity contribution < 1.29 is 13.2 Å². The molecule has 2 aromatic rings. The molecule has 4 aliphatic rings. The SMILES string of the molecule is O=C(Nc1nnc(S(=O)(=O)NC23CC4CC(CC(C4)C2)C3)s1)c1ccccc1Cl. The van der Waals surface area contributed by atoms with Gasteiger partial charge in [-0.15, -0.1) is 10.2 Å². The molecule has 4 bridgehead atoms. The molecule has 1 aromatic heterocycles. The van der Waals surface area contributed by atoms with Crippen molar-refractivity contribution in [3.8, 4) is 0 Å². The van der Waals surface area contributed by atoms with Crippen LogP contribution in [0.3, 0.4) is 0 Å². The lowest BCUT2D eigenvalue weighted by Gasteiger charge is -2.56. The summed E-state index contributed by atoms with van der Waals surface area (Å²) in [4.78, 5) is 12.4. The Morgan fingerprint density at radius 2 is 1.69 bits per heavy atom. The first kappa shape index (κ1) is 19.4. The molecule has 0 aliphatic heterocycles. The normalized spacial score (nSPS) is 30.4. The van der Waals surface area contributed by atoms with Crippen LogP contribution in [0.25, 0.3) is 0 Å². The van der Waals surface area contributed by atoms with Crippen LogP contribution in [0.1, 0.15) is 48.9 Å². The lowest BCUT2D eigenvalue weighted by Crippen LogP contribution is -2.59. The maximum atomic E-state index is 13.0. The Hall–Kier alpha value is -1.55. The first-order valence-electron chi connectivity index (χ1n) is 9.75. The number of rotatable bonds is 5. The number of nitrogens with one attached hydrogen (secondary N) is 2. The largest absolute Gasteiger partial charge is 0.296 e. The maximum absolute atomic E-state index is 13.0. The number of amides is 1. The lowest BCUT2D eigenvalue weighted by atomic mass is 9.53. The molecule has 0 radical (unpaired) electrons. The van der Waals surface area contributed by atoms with Gasteiger partial charge in [-0.3, -0.25) is 10.1 Å². The number of nitrogens with zero attached hydrogens (tertiary/aromatic N) is 2. The second kappa shape index (κ2) is 7.01. The summed E-state index contributed by atoms with van der Waals surface area (Å²) in [5, 5.41) is 10.7. The van der Waals surface area contributed by atoms with Crippen molar-refractivity contribution in [1.82, 2.24) is 14.9 Å². The Morgan fingerprint density at radius 1 is 1.07 bits per heavy atom. The summed E-state index contributed by atoms with van der Waals surface area (Å²) in [7, 11) is -3.79. The zero-order valence-electron chi connectivity index (χ0n) is 15.6. The van der Waals surface area contributed by atoms with Gasteiger partial charge in [0, 0.05) is 5.54 Å². The van der Waals surface area contributed by atoms with Gasteiger partial charge in [-0.25, -0.2) is 13.1 Å². The van der Waals surface area contributed by atoms with E-state index in [-0.39, 0.29) is 15.0 Å². The molecular formula is C19H21ClN4O3S2. The van der Waals surface area contributed by atoms with E-state index < -0.39 is 15.9 Å². The molecule has 1 heterocycles. The Morgan fingerprint density at radius 3 is 2.31 bits per heavy atom. The van der Waals surface area contributed by atoms with Crippen molar-refractivity contribution in [1.29, 1.82) is 0 Å². The van der Waals surface area contributed by atoms with Crippen LogP contribution in [0.2, 0.25) is 5.02 Å². The van der Waals surface area contributed by atoms with Gasteiger partial charge in [-0.2, -0.15) is 0 Å². The van der Waals surface area contributed by atoms with Gasteiger partial charge < -0.3 is 0 Å². The van der Waals surface area contributed by atoms with E-state index in [0.717, 1.165) is 30.6 Å². The predicted octanol–water partition coefficient (Wildman–Crippen LogP) is 3.69. The van der Waals surface area contributed by atoms with Crippen LogP contribution in [0.4, 0.5) is 5.13 Å². The first-order chi connectivity index (χ1) is 13.8. The Balaban J connectivity index is 1.32. The van der Waals surface area contributed by atoms with Crippen molar-refractivity contribution in [2.24, 2.45) is 17.8 Å². The number of hydrogen-bond donors (Lipinski definition) is 2. The molecular weight excluding hydrogens is 432 g/mol. The summed E-state index contributed by atoms with van der Waals surface area (Å²) in [6.45, 7) is 0. The van der Waals surface area contributed by atoms with Gasteiger partial charge in [0.25, 0.3) is 15.9 Å². The van der Waals surface area contributed by atoms with E-state index in [4.69, 9.17) is 11.6 Å². The second-order valence-electron chi connectivity index (χ2n) is 8.61. The molecule has 0 saturated heterocycles. The number of benzene rings is 1. The number of aromatic nitrogens is 2. The van der Waals surface area contributed by atoms with Crippen molar-refractivity contribution >= 4 is 44.0 Å². The molecule has 29 heavy (non-hydrogen) atoms. The quantitative estimate of drug-likeness (QED) is 0.673. The van der Waals surface area contributed by atoms with Crippen molar-refractivity contribution in [3.63, 3.8) is 0 Å². The van der Waals surface area contributed by atoms with Crippen molar-refractivity contribution in [2.45, 2.75) is 48.4 Å². The maximum Gasteiger partial charge on any atom is 0.270 e. The monoisotopic (exact) mass is 452 g/mol. The highest BCUT2D eigenvalue weighted by Gasteiger charge is 2.52. The van der Waals surface area contributed by atoms with Crippen LogP contribution in [0.15, 0.2) is 28.6 Å². The Labute approximate surface area is 178 Å². The van der Waals surface area contributed by atoms with E-state index in [1.54, 1.807) is 24.3 Å². The van der Waals surface area contributed by atoms with E-state index in [1.165, 1.54) is 19.3 Å². The number of sulfonamides is 1. The molecule has 7 nitrogen and oxygen atoms in total. The molecule has 1 aromatic carbocycles. The Bertz CT molecular complexity index is 1030. The van der Waals surface area contributed by atoms with Gasteiger partial charge in [0.05, 0.1) is 10.6 Å². The number of carbonyl (C=O) groups excluding carboxylic acids is 1. The summed E-state index contributed by atoms with van der Waals surface area (Å²) < 4.78 is 28.9. The molecule has 0 spiro atoms. The average molecular weight is 453 g/mol. The summed E-state index contributed by atoms with van der Waals surface area (Å²) in [6, 6.07) is 6.63. The standard InChI is InChI=1S/C19H21ClN4O3S2/c20-15-4-2-1-3-14(15)16(25)21-17-22-23-18(28-17)29(26,27)24-19-8-11-5-12(9-19)7-13(6-11)10-19/h1-4,11-13,24H,5-10H2,(H,21,22,25). The van der Waals surface area contributed by atoms with E-state index in [1.807, 2.05) is 0 Å². The molecule has 0 unspecified atom stereocenters. The minimum absolute atomic E-state index is 0.122. The average Bonchev–Trinajstić information content (AvgIpc) is 3.09. The predicted molar refractivity (Wildman–Crippen MR) is 111 cm³/mol. The second-order valence-corrected chi connectivity index (χ2v) is 11.9. The molecule has 6 rings (SSSR count). The van der Waals surface area contributed by atoms with E-state index in [9.17, 15) is 13.2 Å². The van der Waals surface area contributed by atoms with E-state index in [0.29, 0.717) is 28.3 Å². The fraction of sp³-hybridized carbons (Fsp3) is 0.526. The topological polar surface area (TPSA) is 101 Å². The van der Waals surface area contributed by atoms with Gasteiger partial charge in [0.1, 0.15) is 0 Å². The van der Waals surface area contributed by atoms with Gasteiger partial charge in [-0.1, -0.05) is 35.1 Å². The molecule has 0 atom stereocenters. The van der Waals surface area contributed by atoms with Gasteiger partial charge in [0.15, 0.2) is 0 Å². The number of halogens is 1. The highest BCUT2D eigenvalue weighted by atomic mass is 35.5. The highest BCUT2D eigenvalue weighted by Crippen LogP contribution is 2.56. The fourth-order valence-electron chi connectivity index (χ4n) is 5.74. The highest BCUT2D eigenvalue weighted by molar-refractivity contribution is 7.91.